The van der Waals surface area contributed by atoms with Gasteiger partial charge < -0.3 is 10.3 Å². The van der Waals surface area contributed by atoms with Gasteiger partial charge in [-0.25, -0.2) is 0 Å². The van der Waals surface area contributed by atoms with Crippen LogP contribution in [0.3, 0.4) is 0 Å². The van der Waals surface area contributed by atoms with E-state index in [0.29, 0.717) is 5.56 Å². The maximum Gasteiger partial charge on any atom is 0.416 e. The molecule has 0 saturated heterocycles. The van der Waals surface area contributed by atoms with Crippen LogP contribution in [0.15, 0.2) is 85.1 Å². The molecule has 1 aromatic heterocycles. The molecule has 1 heterocycles. The zero-order chi connectivity index (χ0) is 24.1. The van der Waals surface area contributed by atoms with Crippen molar-refractivity contribution >= 4 is 16.8 Å². The zero-order valence-electron chi connectivity index (χ0n) is 18.9. The van der Waals surface area contributed by atoms with E-state index >= 15 is 0 Å². The summed E-state index contributed by atoms with van der Waals surface area (Å²) in [6, 6.07) is 22.9. The van der Waals surface area contributed by atoms with Gasteiger partial charge in [0, 0.05) is 35.5 Å². The molecule has 0 spiro atoms. The summed E-state index contributed by atoms with van der Waals surface area (Å²) in [6.07, 6.45) is -0.992. The van der Waals surface area contributed by atoms with Crippen LogP contribution in [0.25, 0.3) is 10.9 Å². The van der Waals surface area contributed by atoms with Gasteiger partial charge in [-0.15, -0.1) is 0 Å². The third-order valence-electron chi connectivity index (χ3n) is 6.12. The fraction of sp³-hybridized carbons (Fsp3) is 0.250. The van der Waals surface area contributed by atoms with Crippen molar-refractivity contribution in [3.8, 4) is 0 Å². The molecule has 0 bridgehead atoms. The number of amides is 1. The van der Waals surface area contributed by atoms with Crippen molar-refractivity contribution in [2.24, 2.45) is 0 Å². The molecule has 3 nitrogen and oxygen atoms in total. The summed E-state index contributed by atoms with van der Waals surface area (Å²) in [6.45, 7) is 1.95. The molecule has 2 unspecified atom stereocenters. The van der Waals surface area contributed by atoms with Crippen molar-refractivity contribution in [1.29, 1.82) is 0 Å². The Morgan fingerprint density at radius 1 is 0.971 bits per heavy atom. The number of carbonyl (C=O) groups is 1. The van der Waals surface area contributed by atoms with Crippen LogP contribution in [-0.4, -0.2) is 16.9 Å². The standard InChI is InChI=1S/C28H27F3N2O/c1-19(14-15-20-8-3-2-4-9-20)33-27(34)17-24(21-10-7-11-22(16-21)28(29,30)31)25-18-32-26-13-6-5-12-23(25)26/h2-13,16,18-19,24,32H,14-15,17H2,1H3,(H,33,34). The number of carbonyl (C=O) groups excluding carboxylic acids is 1. The number of rotatable bonds is 8. The minimum Gasteiger partial charge on any atom is -0.361 e. The van der Waals surface area contributed by atoms with Gasteiger partial charge in [-0.1, -0.05) is 66.7 Å². The topological polar surface area (TPSA) is 44.9 Å². The van der Waals surface area contributed by atoms with Crippen molar-refractivity contribution in [3.05, 3.63) is 107 Å². The number of alkyl halides is 3. The monoisotopic (exact) mass is 464 g/mol. The lowest BCUT2D eigenvalue weighted by atomic mass is 9.87. The molecular formula is C28H27F3N2O. The van der Waals surface area contributed by atoms with Crippen molar-refractivity contribution in [3.63, 3.8) is 0 Å². The van der Waals surface area contributed by atoms with E-state index in [1.165, 1.54) is 11.6 Å². The van der Waals surface area contributed by atoms with Gasteiger partial charge in [0.1, 0.15) is 0 Å². The largest absolute Gasteiger partial charge is 0.416 e. The van der Waals surface area contributed by atoms with Crippen LogP contribution in [0.5, 0.6) is 0 Å². The number of hydrogen-bond acceptors (Lipinski definition) is 1. The number of hydrogen-bond donors (Lipinski definition) is 2. The first kappa shape index (κ1) is 23.6. The van der Waals surface area contributed by atoms with E-state index in [1.54, 1.807) is 12.3 Å². The number of fused-ring (bicyclic) bond motifs is 1. The van der Waals surface area contributed by atoms with Gasteiger partial charge in [0.2, 0.25) is 5.91 Å². The Morgan fingerprint density at radius 3 is 2.47 bits per heavy atom. The number of benzene rings is 3. The number of nitrogens with one attached hydrogen (secondary N) is 2. The second kappa shape index (κ2) is 10.2. The van der Waals surface area contributed by atoms with Crippen LogP contribution in [0.4, 0.5) is 13.2 Å². The summed E-state index contributed by atoms with van der Waals surface area (Å²) in [5, 5.41) is 3.93. The molecule has 0 aliphatic carbocycles. The number of aryl methyl sites for hydroxylation is 1. The molecule has 6 heteroatoms. The molecular weight excluding hydrogens is 437 g/mol. The van der Waals surface area contributed by atoms with Crippen molar-refractivity contribution in [2.75, 3.05) is 0 Å². The van der Waals surface area contributed by atoms with Crippen LogP contribution in [-0.2, 0) is 17.4 Å². The summed E-state index contributed by atoms with van der Waals surface area (Å²) in [5.74, 6) is -0.701. The summed E-state index contributed by atoms with van der Waals surface area (Å²) in [7, 11) is 0. The molecule has 0 aliphatic heterocycles. The smallest absolute Gasteiger partial charge is 0.361 e. The Morgan fingerprint density at radius 2 is 1.71 bits per heavy atom. The van der Waals surface area contributed by atoms with Crippen molar-refractivity contribution in [2.45, 2.75) is 44.3 Å². The number of para-hydroxylation sites is 1. The highest BCUT2D eigenvalue weighted by molar-refractivity contribution is 5.86. The first-order chi connectivity index (χ1) is 16.3. The summed E-state index contributed by atoms with van der Waals surface area (Å²) >= 11 is 0. The normalized spacial score (nSPS) is 13.5. The van der Waals surface area contributed by atoms with E-state index in [1.807, 2.05) is 49.4 Å². The Balaban J connectivity index is 1.56. The highest BCUT2D eigenvalue weighted by atomic mass is 19.4. The van der Waals surface area contributed by atoms with Gasteiger partial charge in [0.05, 0.1) is 5.56 Å². The lowest BCUT2D eigenvalue weighted by Gasteiger charge is -2.20. The number of aromatic nitrogens is 1. The summed E-state index contributed by atoms with van der Waals surface area (Å²) < 4.78 is 40.2. The number of aromatic amines is 1. The molecule has 2 N–H and O–H groups in total. The number of halogens is 3. The predicted octanol–water partition coefficient (Wildman–Crippen LogP) is 6.85. The van der Waals surface area contributed by atoms with E-state index in [0.717, 1.165) is 41.4 Å². The number of H-pyrrole nitrogens is 1. The van der Waals surface area contributed by atoms with Gasteiger partial charge in [0.15, 0.2) is 0 Å². The predicted molar refractivity (Wildman–Crippen MR) is 129 cm³/mol. The molecule has 0 radical (unpaired) electrons. The van der Waals surface area contributed by atoms with Crippen LogP contribution >= 0.6 is 0 Å². The van der Waals surface area contributed by atoms with E-state index < -0.39 is 17.7 Å². The van der Waals surface area contributed by atoms with Crippen molar-refractivity contribution in [1.82, 2.24) is 10.3 Å². The third-order valence-corrected chi connectivity index (χ3v) is 6.12. The second-order valence-electron chi connectivity index (χ2n) is 8.66. The second-order valence-corrected chi connectivity index (χ2v) is 8.66. The van der Waals surface area contributed by atoms with E-state index in [2.05, 4.69) is 22.4 Å². The van der Waals surface area contributed by atoms with Crippen LogP contribution < -0.4 is 5.32 Å². The molecule has 4 rings (SSSR count). The minimum absolute atomic E-state index is 0.0544. The average Bonchev–Trinajstić information content (AvgIpc) is 3.25. The van der Waals surface area contributed by atoms with E-state index in [4.69, 9.17) is 0 Å². The van der Waals surface area contributed by atoms with Crippen LogP contribution in [0.1, 0.15) is 47.9 Å². The molecule has 0 saturated carbocycles. The first-order valence-corrected chi connectivity index (χ1v) is 11.4. The molecule has 1 amide bonds. The zero-order valence-corrected chi connectivity index (χ0v) is 18.9. The molecule has 176 valence electrons. The maximum atomic E-state index is 13.4. The molecule has 0 aliphatic rings. The van der Waals surface area contributed by atoms with Gasteiger partial charge in [-0.05, 0) is 48.6 Å². The molecule has 34 heavy (non-hydrogen) atoms. The van der Waals surface area contributed by atoms with Crippen LogP contribution in [0.2, 0.25) is 0 Å². The van der Waals surface area contributed by atoms with Gasteiger partial charge in [-0.2, -0.15) is 13.2 Å². The first-order valence-electron chi connectivity index (χ1n) is 11.4. The summed E-state index contributed by atoms with van der Waals surface area (Å²) in [5.41, 5.74) is 2.63. The fourth-order valence-corrected chi connectivity index (χ4v) is 4.34. The van der Waals surface area contributed by atoms with Gasteiger partial charge >= 0.3 is 6.18 Å². The highest BCUT2D eigenvalue weighted by Crippen LogP contribution is 2.36. The lowest BCUT2D eigenvalue weighted by Crippen LogP contribution is -2.33. The van der Waals surface area contributed by atoms with Crippen LogP contribution in [0, 0.1) is 0 Å². The molecule has 2 atom stereocenters. The molecule has 4 aromatic rings. The summed E-state index contributed by atoms with van der Waals surface area (Å²) in [4.78, 5) is 16.2. The Labute approximate surface area is 197 Å². The van der Waals surface area contributed by atoms with E-state index in [-0.39, 0.29) is 18.4 Å². The lowest BCUT2D eigenvalue weighted by molar-refractivity contribution is -0.137. The molecule has 0 fully saturated rings. The maximum absolute atomic E-state index is 13.4. The quantitative estimate of drug-likeness (QED) is 0.294. The Kier molecular flexibility index (Phi) is 7.06. The fourth-order valence-electron chi connectivity index (χ4n) is 4.34. The minimum atomic E-state index is -4.45. The van der Waals surface area contributed by atoms with Gasteiger partial charge in [-0.3, -0.25) is 4.79 Å². The van der Waals surface area contributed by atoms with Gasteiger partial charge in [0.25, 0.3) is 0 Å². The average molecular weight is 465 g/mol. The van der Waals surface area contributed by atoms with Crippen molar-refractivity contribution < 1.29 is 18.0 Å². The SMILES string of the molecule is CC(CCc1ccccc1)NC(=O)CC(c1cccc(C(F)(F)F)c1)c1c[nH]c2ccccc12. The Bertz CT molecular complexity index is 1250. The van der Waals surface area contributed by atoms with E-state index in [9.17, 15) is 18.0 Å². The third kappa shape index (κ3) is 5.68. The highest BCUT2D eigenvalue weighted by Gasteiger charge is 2.32. The molecule has 3 aromatic carbocycles. The Hall–Kier alpha value is -3.54.